The summed E-state index contributed by atoms with van der Waals surface area (Å²) in [4.78, 5) is 17.1. The third kappa shape index (κ3) is 5.99. The number of benzene rings is 2. The monoisotopic (exact) mass is 409 g/mol. The lowest BCUT2D eigenvalue weighted by Gasteiger charge is -2.36. The minimum Gasteiger partial charge on any atom is -0.495 e. The van der Waals surface area contributed by atoms with Crippen molar-refractivity contribution in [3.8, 4) is 5.75 Å². The Morgan fingerprint density at radius 3 is 2.30 bits per heavy atom. The first-order valence-corrected chi connectivity index (χ1v) is 10.9. The molecule has 0 atom stereocenters. The zero-order valence-corrected chi connectivity index (χ0v) is 18.8. The number of methoxy groups -OCH3 is 1. The van der Waals surface area contributed by atoms with Crippen LogP contribution in [0, 0.1) is 0 Å². The third-order valence-electron chi connectivity index (χ3n) is 5.71. The third-order valence-corrected chi connectivity index (χ3v) is 5.71. The van der Waals surface area contributed by atoms with Gasteiger partial charge in [-0.05, 0) is 48.2 Å². The molecule has 2 aromatic rings. The Balaban J connectivity index is 1.38. The van der Waals surface area contributed by atoms with Crippen LogP contribution in [0.15, 0.2) is 48.5 Å². The molecule has 1 N–H and O–H groups in total. The predicted octanol–water partition coefficient (Wildman–Crippen LogP) is 4.53. The van der Waals surface area contributed by atoms with E-state index in [9.17, 15) is 4.79 Å². The number of nitrogens with zero attached hydrogens (tertiary/aromatic N) is 2. The van der Waals surface area contributed by atoms with Gasteiger partial charge in [-0.1, -0.05) is 45.0 Å². The fourth-order valence-electron chi connectivity index (χ4n) is 3.84. The van der Waals surface area contributed by atoms with Crippen LogP contribution in [0.25, 0.3) is 0 Å². The van der Waals surface area contributed by atoms with E-state index in [-0.39, 0.29) is 11.3 Å². The van der Waals surface area contributed by atoms with Crippen LogP contribution in [-0.2, 0) is 10.2 Å². The molecule has 0 aromatic heterocycles. The number of amides is 1. The predicted molar refractivity (Wildman–Crippen MR) is 125 cm³/mol. The minimum atomic E-state index is 0.0890. The zero-order chi connectivity index (χ0) is 21.6. The molecular weight excluding hydrogens is 374 g/mol. The summed E-state index contributed by atoms with van der Waals surface area (Å²) in [5.74, 6) is 1.02. The van der Waals surface area contributed by atoms with Gasteiger partial charge in [0.1, 0.15) is 5.75 Å². The van der Waals surface area contributed by atoms with Crippen LogP contribution in [-0.4, -0.2) is 50.6 Å². The number of hydrogen-bond donors (Lipinski definition) is 1. The summed E-state index contributed by atoms with van der Waals surface area (Å²) in [7, 11) is 1.72. The summed E-state index contributed by atoms with van der Waals surface area (Å²) in [6.45, 7) is 11.5. The van der Waals surface area contributed by atoms with Crippen molar-refractivity contribution in [3.05, 3.63) is 54.1 Å². The van der Waals surface area contributed by atoms with Crippen molar-refractivity contribution in [3.63, 3.8) is 0 Å². The van der Waals surface area contributed by atoms with E-state index in [1.54, 1.807) is 7.11 Å². The fraction of sp³-hybridized carbons (Fsp3) is 0.480. The zero-order valence-electron chi connectivity index (χ0n) is 18.8. The van der Waals surface area contributed by atoms with Gasteiger partial charge in [0.15, 0.2) is 0 Å². The highest BCUT2D eigenvalue weighted by atomic mass is 16.5. The second-order valence-corrected chi connectivity index (χ2v) is 8.98. The smallest absolute Gasteiger partial charge is 0.224 e. The van der Waals surface area contributed by atoms with Crippen molar-refractivity contribution in [2.24, 2.45) is 0 Å². The highest BCUT2D eigenvalue weighted by Gasteiger charge is 2.19. The van der Waals surface area contributed by atoms with Gasteiger partial charge in [0.05, 0.1) is 12.8 Å². The average molecular weight is 410 g/mol. The number of carbonyl (C=O) groups excluding carboxylic acids is 1. The highest BCUT2D eigenvalue weighted by Crippen LogP contribution is 2.28. The maximum Gasteiger partial charge on any atom is 0.224 e. The molecule has 162 valence electrons. The van der Waals surface area contributed by atoms with Crippen molar-refractivity contribution >= 4 is 17.3 Å². The molecule has 5 nitrogen and oxygen atoms in total. The van der Waals surface area contributed by atoms with Crippen LogP contribution in [0.5, 0.6) is 5.75 Å². The summed E-state index contributed by atoms with van der Waals surface area (Å²) in [6, 6.07) is 16.4. The quantitative estimate of drug-likeness (QED) is 0.730. The maximum absolute atomic E-state index is 12.3. The summed E-state index contributed by atoms with van der Waals surface area (Å²) >= 11 is 0. The fourth-order valence-corrected chi connectivity index (χ4v) is 3.84. The van der Waals surface area contributed by atoms with Gasteiger partial charge in [0.25, 0.3) is 0 Å². The van der Waals surface area contributed by atoms with E-state index in [0.717, 1.165) is 56.3 Å². The van der Waals surface area contributed by atoms with Crippen LogP contribution in [0.4, 0.5) is 11.4 Å². The minimum absolute atomic E-state index is 0.0890. The average Bonchev–Trinajstić information content (AvgIpc) is 2.74. The number of para-hydroxylation sites is 2. The molecule has 1 fully saturated rings. The number of hydrogen-bond acceptors (Lipinski definition) is 4. The number of rotatable bonds is 7. The summed E-state index contributed by atoms with van der Waals surface area (Å²) in [5.41, 5.74) is 3.43. The van der Waals surface area contributed by atoms with E-state index < -0.39 is 0 Å². The Bertz CT molecular complexity index is 819. The summed E-state index contributed by atoms with van der Waals surface area (Å²) in [5, 5.41) is 3.02. The van der Waals surface area contributed by atoms with Crippen LogP contribution >= 0.6 is 0 Å². The van der Waals surface area contributed by atoms with Gasteiger partial charge in [-0.2, -0.15) is 0 Å². The molecule has 1 heterocycles. The molecule has 0 bridgehead atoms. The number of carbonyl (C=O) groups is 1. The first kappa shape index (κ1) is 22.2. The number of piperazine rings is 1. The van der Waals surface area contributed by atoms with Gasteiger partial charge in [-0.15, -0.1) is 0 Å². The standard InChI is InChI=1S/C25H35N3O2/c1-25(2,3)20-11-13-21(14-12-20)26-24(29)10-7-15-27-16-18-28(19-17-27)22-8-5-6-9-23(22)30-4/h5-6,8-9,11-14H,7,10,15-19H2,1-4H3,(H,26,29). The lowest BCUT2D eigenvalue weighted by molar-refractivity contribution is -0.116. The van der Waals surface area contributed by atoms with Gasteiger partial charge in [0, 0.05) is 38.3 Å². The van der Waals surface area contributed by atoms with E-state index in [4.69, 9.17) is 4.74 Å². The van der Waals surface area contributed by atoms with Gasteiger partial charge < -0.3 is 15.0 Å². The molecule has 0 aliphatic carbocycles. The van der Waals surface area contributed by atoms with Gasteiger partial charge in [0.2, 0.25) is 5.91 Å². The van der Waals surface area contributed by atoms with Crippen molar-refractivity contribution in [1.29, 1.82) is 0 Å². The Labute approximate surface area is 181 Å². The van der Waals surface area contributed by atoms with E-state index in [1.807, 2.05) is 24.3 Å². The first-order valence-electron chi connectivity index (χ1n) is 10.9. The Morgan fingerprint density at radius 2 is 1.67 bits per heavy atom. The van der Waals surface area contributed by atoms with E-state index in [2.05, 4.69) is 60.2 Å². The maximum atomic E-state index is 12.3. The lowest BCUT2D eigenvalue weighted by atomic mass is 9.87. The second-order valence-electron chi connectivity index (χ2n) is 8.98. The molecule has 0 saturated carbocycles. The molecule has 3 rings (SSSR count). The van der Waals surface area contributed by atoms with Crippen LogP contribution in [0.3, 0.4) is 0 Å². The largest absolute Gasteiger partial charge is 0.495 e. The molecule has 30 heavy (non-hydrogen) atoms. The molecule has 0 radical (unpaired) electrons. The normalized spacial score (nSPS) is 15.1. The van der Waals surface area contributed by atoms with E-state index >= 15 is 0 Å². The Morgan fingerprint density at radius 1 is 1.00 bits per heavy atom. The topological polar surface area (TPSA) is 44.8 Å². The van der Waals surface area contributed by atoms with E-state index in [1.165, 1.54) is 5.56 Å². The van der Waals surface area contributed by atoms with Crippen LogP contribution < -0.4 is 15.0 Å². The van der Waals surface area contributed by atoms with Crippen molar-refractivity contribution in [2.45, 2.75) is 39.0 Å². The first-order chi connectivity index (χ1) is 14.4. The molecule has 1 aliphatic heterocycles. The van der Waals surface area contributed by atoms with Crippen molar-refractivity contribution < 1.29 is 9.53 Å². The Hall–Kier alpha value is -2.53. The number of anilines is 2. The number of ether oxygens (including phenoxy) is 1. The van der Waals surface area contributed by atoms with Gasteiger partial charge in [-0.3, -0.25) is 9.69 Å². The van der Waals surface area contributed by atoms with Crippen LogP contribution in [0.2, 0.25) is 0 Å². The van der Waals surface area contributed by atoms with Crippen LogP contribution in [0.1, 0.15) is 39.2 Å². The summed E-state index contributed by atoms with van der Waals surface area (Å²) in [6.07, 6.45) is 1.42. The molecule has 1 amide bonds. The SMILES string of the molecule is COc1ccccc1N1CCN(CCCC(=O)Nc2ccc(C(C)(C)C)cc2)CC1. The number of nitrogens with one attached hydrogen (secondary N) is 1. The van der Waals surface area contributed by atoms with Crippen molar-refractivity contribution in [2.75, 3.05) is 50.1 Å². The molecule has 1 aliphatic rings. The molecule has 0 unspecified atom stereocenters. The van der Waals surface area contributed by atoms with Crippen molar-refractivity contribution in [1.82, 2.24) is 4.90 Å². The molecule has 2 aromatic carbocycles. The van der Waals surface area contributed by atoms with Gasteiger partial charge >= 0.3 is 0 Å². The van der Waals surface area contributed by atoms with Gasteiger partial charge in [-0.25, -0.2) is 0 Å². The molecule has 5 heteroatoms. The molecule has 0 spiro atoms. The van der Waals surface area contributed by atoms with E-state index in [0.29, 0.717) is 6.42 Å². The lowest BCUT2D eigenvalue weighted by Crippen LogP contribution is -2.46. The molecular formula is C25H35N3O2. The Kier molecular flexibility index (Phi) is 7.38. The molecule has 1 saturated heterocycles. The summed E-state index contributed by atoms with van der Waals surface area (Å²) < 4.78 is 5.49. The second kappa shape index (κ2) is 9.98. The highest BCUT2D eigenvalue weighted by molar-refractivity contribution is 5.90.